The highest BCUT2D eigenvalue weighted by atomic mass is 79.9. The summed E-state index contributed by atoms with van der Waals surface area (Å²) in [5, 5.41) is 9.49. The summed E-state index contributed by atoms with van der Waals surface area (Å²) in [6.07, 6.45) is 1.26. The molecule has 1 heterocycles. The number of benzene rings is 1. The van der Waals surface area contributed by atoms with Crippen LogP contribution in [0.3, 0.4) is 0 Å². The lowest BCUT2D eigenvalue weighted by Gasteiger charge is -2.51. The molecule has 20 heavy (non-hydrogen) atoms. The number of carboxylic acid groups (broad SMARTS) is 1. The lowest BCUT2D eigenvalue weighted by atomic mass is 9.59. The maximum atomic E-state index is 11.5. The largest absolute Gasteiger partial charge is 0.481 e. The predicted molar refractivity (Wildman–Crippen MR) is 74.6 cm³/mol. The lowest BCUT2D eigenvalue weighted by Crippen LogP contribution is -2.51. The molecule has 5 heteroatoms. The minimum atomic E-state index is -0.710. The maximum Gasteiger partial charge on any atom is 0.307 e. The molecular weight excluding hydrogens is 324 g/mol. The number of halogens is 1. The molecule has 1 spiro atoms. The van der Waals surface area contributed by atoms with Crippen LogP contribution in [-0.2, 0) is 14.3 Å². The Labute approximate surface area is 125 Å². The summed E-state index contributed by atoms with van der Waals surface area (Å²) >= 11 is 3.48. The van der Waals surface area contributed by atoms with Crippen LogP contribution in [0, 0.1) is 5.92 Å². The van der Waals surface area contributed by atoms with E-state index in [-0.39, 0.29) is 17.8 Å². The van der Waals surface area contributed by atoms with Gasteiger partial charge in [-0.25, -0.2) is 0 Å². The van der Waals surface area contributed by atoms with Crippen LogP contribution in [0.2, 0.25) is 0 Å². The molecule has 0 radical (unpaired) electrons. The van der Waals surface area contributed by atoms with Crippen LogP contribution in [0.1, 0.15) is 35.8 Å². The van der Waals surface area contributed by atoms with Crippen molar-refractivity contribution in [2.45, 2.75) is 30.5 Å². The number of carboxylic acids is 1. The van der Waals surface area contributed by atoms with E-state index in [1.54, 1.807) is 0 Å². The van der Waals surface area contributed by atoms with Crippen molar-refractivity contribution in [3.05, 3.63) is 33.8 Å². The summed E-state index contributed by atoms with van der Waals surface area (Å²) in [5.41, 5.74) is 2.34. The van der Waals surface area contributed by atoms with Crippen LogP contribution in [0.5, 0.6) is 0 Å². The Hall–Kier alpha value is -0.910. The van der Waals surface area contributed by atoms with E-state index in [4.69, 9.17) is 9.47 Å². The molecule has 1 saturated carbocycles. The second-order valence-corrected chi connectivity index (χ2v) is 6.74. The molecule has 5 rings (SSSR count). The number of aliphatic carboxylic acids is 1. The minimum Gasteiger partial charge on any atom is -0.481 e. The van der Waals surface area contributed by atoms with Gasteiger partial charge in [0.05, 0.1) is 19.1 Å². The Morgan fingerprint density at radius 2 is 2.05 bits per heavy atom. The third-order valence-electron chi connectivity index (χ3n) is 4.93. The maximum absolute atomic E-state index is 11.5. The van der Waals surface area contributed by atoms with Crippen molar-refractivity contribution in [3.63, 3.8) is 0 Å². The summed E-state index contributed by atoms with van der Waals surface area (Å²) in [6, 6.07) is 6.16. The number of hydrogen-bond acceptors (Lipinski definition) is 3. The fourth-order valence-electron chi connectivity index (χ4n) is 4.13. The first-order valence-electron chi connectivity index (χ1n) is 6.91. The first-order chi connectivity index (χ1) is 9.61. The van der Waals surface area contributed by atoms with Gasteiger partial charge in [-0.1, -0.05) is 22.0 Å². The molecule has 1 aromatic rings. The highest BCUT2D eigenvalue weighted by Crippen LogP contribution is 2.59. The first kappa shape index (κ1) is 12.8. The van der Waals surface area contributed by atoms with Gasteiger partial charge in [0.1, 0.15) is 0 Å². The number of hydrogen-bond donors (Lipinski definition) is 1. The van der Waals surface area contributed by atoms with Crippen LogP contribution in [0.25, 0.3) is 0 Å². The van der Waals surface area contributed by atoms with Crippen molar-refractivity contribution < 1.29 is 19.4 Å². The Morgan fingerprint density at radius 1 is 1.30 bits per heavy atom. The van der Waals surface area contributed by atoms with Gasteiger partial charge in [-0.2, -0.15) is 0 Å². The minimum absolute atomic E-state index is 0.0249. The summed E-state index contributed by atoms with van der Waals surface area (Å²) in [7, 11) is 0. The number of fused-ring (bicyclic) bond motifs is 1. The second-order valence-electron chi connectivity index (χ2n) is 5.83. The van der Waals surface area contributed by atoms with Gasteiger partial charge in [-0.3, -0.25) is 4.79 Å². The van der Waals surface area contributed by atoms with Crippen LogP contribution in [-0.4, -0.2) is 30.1 Å². The van der Waals surface area contributed by atoms with Crippen LogP contribution in [0.4, 0.5) is 0 Å². The van der Waals surface area contributed by atoms with Crippen molar-refractivity contribution in [3.8, 4) is 0 Å². The van der Waals surface area contributed by atoms with Crippen LogP contribution < -0.4 is 0 Å². The monoisotopic (exact) mass is 338 g/mol. The summed E-state index contributed by atoms with van der Waals surface area (Å²) in [4.78, 5) is 11.5. The molecule has 1 aliphatic heterocycles. The molecule has 4 aliphatic rings. The van der Waals surface area contributed by atoms with Crippen molar-refractivity contribution in [1.29, 1.82) is 0 Å². The fourth-order valence-corrected chi connectivity index (χ4v) is 4.50. The van der Waals surface area contributed by atoms with E-state index < -0.39 is 11.8 Å². The van der Waals surface area contributed by atoms with E-state index in [0.717, 1.165) is 10.0 Å². The molecule has 3 aliphatic carbocycles. The van der Waals surface area contributed by atoms with Crippen molar-refractivity contribution in [2.24, 2.45) is 5.92 Å². The number of ether oxygens (including phenoxy) is 2. The van der Waals surface area contributed by atoms with Crippen molar-refractivity contribution >= 4 is 21.9 Å². The molecule has 0 amide bonds. The van der Waals surface area contributed by atoms with E-state index in [9.17, 15) is 9.90 Å². The molecule has 2 bridgehead atoms. The molecule has 1 aromatic carbocycles. The molecule has 3 unspecified atom stereocenters. The van der Waals surface area contributed by atoms with Crippen molar-refractivity contribution in [1.82, 2.24) is 0 Å². The zero-order valence-electron chi connectivity index (χ0n) is 10.8. The summed E-state index contributed by atoms with van der Waals surface area (Å²) in [5.74, 6) is -1.63. The third kappa shape index (κ3) is 1.63. The highest BCUT2D eigenvalue weighted by molar-refractivity contribution is 9.10. The van der Waals surface area contributed by atoms with E-state index in [2.05, 4.69) is 28.1 Å². The molecule has 4 nitrogen and oxygen atoms in total. The zero-order valence-corrected chi connectivity index (χ0v) is 12.4. The van der Waals surface area contributed by atoms with Gasteiger partial charge in [-0.15, -0.1) is 0 Å². The fraction of sp³-hybridized carbons (Fsp3) is 0.533. The zero-order chi connectivity index (χ0) is 13.9. The Balaban J connectivity index is 1.86. The Bertz CT molecular complexity index is 579. The van der Waals surface area contributed by atoms with Crippen molar-refractivity contribution in [2.75, 3.05) is 13.2 Å². The van der Waals surface area contributed by atoms with Gasteiger partial charge in [0.2, 0.25) is 0 Å². The van der Waals surface area contributed by atoms with E-state index in [1.165, 1.54) is 5.56 Å². The molecule has 3 atom stereocenters. The second kappa shape index (κ2) is 4.29. The molecule has 1 saturated heterocycles. The van der Waals surface area contributed by atoms with Crippen LogP contribution in [0.15, 0.2) is 22.7 Å². The smallest absolute Gasteiger partial charge is 0.307 e. The van der Waals surface area contributed by atoms with Gasteiger partial charge in [0.25, 0.3) is 0 Å². The standard InChI is InChI=1S/C15H15BrO4/c16-8-1-2-9-10(5-8)12-7-15(19-3-4-20-15)13(9)6-11(12)14(17)18/h1-2,5,11-13H,3-4,6-7H2,(H,17,18). The molecule has 106 valence electrons. The summed E-state index contributed by atoms with van der Waals surface area (Å²) < 4.78 is 12.8. The van der Waals surface area contributed by atoms with Gasteiger partial charge >= 0.3 is 5.97 Å². The third-order valence-corrected chi connectivity index (χ3v) is 5.42. The van der Waals surface area contributed by atoms with Gasteiger partial charge in [-0.05, 0) is 29.7 Å². The Morgan fingerprint density at radius 3 is 2.75 bits per heavy atom. The lowest BCUT2D eigenvalue weighted by molar-refractivity contribution is -0.209. The molecule has 2 fully saturated rings. The predicted octanol–water partition coefficient (Wildman–Crippen LogP) is 2.87. The Kier molecular flexibility index (Phi) is 2.75. The number of rotatable bonds is 1. The van der Waals surface area contributed by atoms with E-state index >= 15 is 0 Å². The van der Waals surface area contributed by atoms with Gasteiger partial charge in [0, 0.05) is 22.7 Å². The highest BCUT2D eigenvalue weighted by Gasteiger charge is 2.58. The molecular formula is C15H15BrO4. The van der Waals surface area contributed by atoms with Gasteiger partial charge in [0.15, 0.2) is 5.79 Å². The van der Waals surface area contributed by atoms with E-state index in [0.29, 0.717) is 26.1 Å². The summed E-state index contributed by atoms with van der Waals surface area (Å²) in [6.45, 7) is 1.21. The van der Waals surface area contributed by atoms with Crippen LogP contribution >= 0.6 is 15.9 Å². The average Bonchev–Trinajstić information content (AvgIpc) is 2.87. The molecule has 0 aromatic heterocycles. The number of carbonyl (C=O) groups is 1. The topological polar surface area (TPSA) is 55.8 Å². The molecule has 1 N–H and O–H groups in total. The average molecular weight is 339 g/mol. The quantitative estimate of drug-likeness (QED) is 0.855. The normalized spacial score (nSPS) is 33.4. The van der Waals surface area contributed by atoms with Gasteiger partial charge < -0.3 is 14.6 Å². The van der Waals surface area contributed by atoms with E-state index in [1.807, 2.05) is 6.07 Å². The first-order valence-corrected chi connectivity index (χ1v) is 7.70. The SMILES string of the molecule is O=C(O)C1CC2c3ccc(Br)cc3C1CC21OCCO1.